The van der Waals surface area contributed by atoms with Crippen LogP contribution in [0.1, 0.15) is 50.7 Å². The van der Waals surface area contributed by atoms with Crippen LogP contribution in [-0.2, 0) is 0 Å². The molecule has 0 bridgehead atoms. The molecule has 1 aliphatic rings. The van der Waals surface area contributed by atoms with Crippen molar-refractivity contribution in [2.24, 2.45) is 0 Å². The van der Waals surface area contributed by atoms with Crippen LogP contribution < -0.4 is 29.9 Å². The monoisotopic (exact) mass is 623 g/mol. The number of piperazine rings is 1. The molecular formula is C36H45N7O3. The average molecular weight is 624 g/mol. The van der Waals surface area contributed by atoms with Gasteiger partial charge in [0.05, 0.1) is 25.6 Å². The molecule has 1 aliphatic heterocycles. The number of methoxy groups -OCH3 is 2. The summed E-state index contributed by atoms with van der Waals surface area (Å²) in [5.41, 5.74) is 5.53. The van der Waals surface area contributed by atoms with E-state index in [4.69, 9.17) is 9.47 Å². The van der Waals surface area contributed by atoms with Gasteiger partial charge in [-0.3, -0.25) is 0 Å². The fourth-order valence-electron chi connectivity index (χ4n) is 5.67. The van der Waals surface area contributed by atoms with Crippen molar-refractivity contribution in [1.29, 1.82) is 0 Å². The first-order valence-corrected chi connectivity index (χ1v) is 15.8. The first-order valence-electron chi connectivity index (χ1n) is 15.8. The first-order chi connectivity index (χ1) is 22.2. The van der Waals surface area contributed by atoms with E-state index in [0.717, 1.165) is 48.7 Å². The number of likely N-dealkylation sites (N-methyl/N-ethyl adjacent to an activating group) is 1. The van der Waals surface area contributed by atoms with Crippen molar-refractivity contribution in [2.45, 2.75) is 39.5 Å². The number of anilines is 6. The predicted molar refractivity (Wildman–Crippen MR) is 187 cm³/mol. The van der Waals surface area contributed by atoms with Crippen LogP contribution in [0.15, 0.2) is 73.1 Å². The number of aromatic nitrogens is 2. The highest BCUT2D eigenvalue weighted by Gasteiger charge is 2.24. The number of carbonyl (C=O) groups is 1. The van der Waals surface area contributed by atoms with E-state index in [1.165, 1.54) is 6.33 Å². The van der Waals surface area contributed by atoms with Crippen LogP contribution in [0.5, 0.6) is 11.5 Å². The third kappa shape index (κ3) is 7.34. The molecule has 242 valence electrons. The minimum atomic E-state index is -0.311. The maximum absolute atomic E-state index is 14.4. The lowest BCUT2D eigenvalue weighted by atomic mass is 9.93. The highest BCUT2D eigenvalue weighted by Crippen LogP contribution is 2.36. The topological polar surface area (TPSA) is 95.1 Å². The van der Waals surface area contributed by atoms with Gasteiger partial charge in [-0.15, -0.1) is 0 Å². The largest absolute Gasteiger partial charge is 0.497 e. The molecule has 1 saturated heterocycles. The Labute approximate surface area is 272 Å². The number of hydrogen-bond donors (Lipinski definition) is 2. The number of urea groups is 1. The Morgan fingerprint density at radius 3 is 2.13 bits per heavy atom. The van der Waals surface area contributed by atoms with Crippen molar-refractivity contribution in [1.82, 2.24) is 14.9 Å². The Bertz CT molecular complexity index is 1610. The van der Waals surface area contributed by atoms with E-state index in [1.807, 2.05) is 24.3 Å². The van der Waals surface area contributed by atoms with Gasteiger partial charge in [0.1, 0.15) is 29.5 Å². The van der Waals surface area contributed by atoms with Crippen LogP contribution in [0.2, 0.25) is 0 Å². The second-order valence-electron chi connectivity index (χ2n) is 12.1. The van der Waals surface area contributed by atoms with Crippen molar-refractivity contribution in [2.75, 3.05) is 67.9 Å². The quantitative estimate of drug-likeness (QED) is 0.186. The summed E-state index contributed by atoms with van der Waals surface area (Å²) in [6.45, 7) is 12.5. The number of ether oxygens (including phenoxy) is 2. The number of amides is 2. The molecule has 4 aromatic rings. The maximum Gasteiger partial charge on any atom is 0.332 e. The normalized spacial score (nSPS) is 13.5. The fourth-order valence-corrected chi connectivity index (χ4v) is 5.67. The molecule has 10 nitrogen and oxygen atoms in total. The van der Waals surface area contributed by atoms with E-state index < -0.39 is 0 Å². The summed E-state index contributed by atoms with van der Waals surface area (Å²) in [7, 11) is 5.36. The molecule has 0 aliphatic carbocycles. The minimum absolute atomic E-state index is 0.222. The number of hydrogen-bond acceptors (Lipinski definition) is 8. The highest BCUT2D eigenvalue weighted by molar-refractivity contribution is 6.07. The second-order valence-corrected chi connectivity index (χ2v) is 12.1. The van der Waals surface area contributed by atoms with E-state index in [0.29, 0.717) is 34.5 Å². The molecule has 0 unspecified atom stereocenters. The molecule has 10 heteroatoms. The van der Waals surface area contributed by atoms with Crippen molar-refractivity contribution >= 4 is 40.4 Å². The smallest absolute Gasteiger partial charge is 0.332 e. The Morgan fingerprint density at radius 1 is 0.848 bits per heavy atom. The van der Waals surface area contributed by atoms with Gasteiger partial charge >= 0.3 is 6.03 Å². The number of nitrogens with zero attached hydrogens (tertiary/aromatic N) is 5. The lowest BCUT2D eigenvalue weighted by Gasteiger charge is -2.34. The van der Waals surface area contributed by atoms with Crippen LogP contribution in [-0.4, -0.2) is 68.3 Å². The van der Waals surface area contributed by atoms with E-state index in [2.05, 4.69) is 95.5 Å². The number of benzene rings is 3. The van der Waals surface area contributed by atoms with Crippen LogP contribution in [0.4, 0.5) is 39.2 Å². The lowest BCUT2D eigenvalue weighted by molar-refractivity contribution is 0.259. The van der Waals surface area contributed by atoms with E-state index in [1.54, 1.807) is 31.3 Å². The fraction of sp³-hybridized carbons (Fsp3) is 0.361. The predicted octanol–water partition coefficient (Wildman–Crippen LogP) is 7.61. The Balaban J connectivity index is 1.52. The highest BCUT2D eigenvalue weighted by atomic mass is 16.5. The van der Waals surface area contributed by atoms with Gasteiger partial charge in [0.25, 0.3) is 0 Å². The molecule has 0 atom stereocenters. The molecule has 3 aromatic carbocycles. The summed E-state index contributed by atoms with van der Waals surface area (Å²) >= 11 is 0. The summed E-state index contributed by atoms with van der Waals surface area (Å²) in [5.74, 6) is 2.64. The molecule has 1 fully saturated rings. The average Bonchev–Trinajstić information content (AvgIpc) is 3.06. The lowest BCUT2D eigenvalue weighted by Crippen LogP contribution is -2.44. The van der Waals surface area contributed by atoms with Crippen LogP contribution >= 0.6 is 0 Å². The van der Waals surface area contributed by atoms with Crippen LogP contribution in [0.25, 0.3) is 0 Å². The van der Waals surface area contributed by atoms with Crippen molar-refractivity contribution in [3.05, 3.63) is 84.2 Å². The Morgan fingerprint density at radius 2 is 1.52 bits per heavy atom. The molecule has 0 saturated carbocycles. The molecule has 0 radical (unpaired) electrons. The number of carbonyl (C=O) groups excluding carboxylic acids is 1. The summed E-state index contributed by atoms with van der Waals surface area (Å²) in [5, 5.41) is 6.59. The van der Waals surface area contributed by atoms with Crippen molar-refractivity contribution in [3.63, 3.8) is 0 Å². The first kappa shape index (κ1) is 32.6. The molecule has 2 N–H and O–H groups in total. The van der Waals surface area contributed by atoms with Crippen molar-refractivity contribution in [3.8, 4) is 11.5 Å². The van der Waals surface area contributed by atoms with Crippen LogP contribution in [0, 0.1) is 0 Å². The molecule has 46 heavy (non-hydrogen) atoms. The zero-order valence-electron chi connectivity index (χ0n) is 27.9. The Hall–Kier alpha value is -4.83. The van der Waals surface area contributed by atoms with Gasteiger partial charge in [0, 0.05) is 49.7 Å². The molecule has 5 rings (SSSR count). The summed E-state index contributed by atoms with van der Waals surface area (Å²) < 4.78 is 10.9. The summed E-state index contributed by atoms with van der Waals surface area (Å²) in [6, 6.07) is 21.3. The van der Waals surface area contributed by atoms with E-state index in [-0.39, 0.29) is 17.9 Å². The zero-order valence-corrected chi connectivity index (χ0v) is 27.9. The zero-order chi connectivity index (χ0) is 32.8. The number of nitrogens with one attached hydrogen (secondary N) is 2. The van der Waals surface area contributed by atoms with Gasteiger partial charge in [-0.2, -0.15) is 0 Å². The van der Waals surface area contributed by atoms with Gasteiger partial charge < -0.3 is 29.9 Å². The van der Waals surface area contributed by atoms with Gasteiger partial charge in [0.2, 0.25) is 0 Å². The summed E-state index contributed by atoms with van der Waals surface area (Å²) in [6.07, 6.45) is 1.45. The van der Waals surface area contributed by atoms with Gasteiger partial charge in [0.15, 0.2) is 0 Å². The molecular weight excluding hydrogens is 578 g/mol. The van der Waals surface area contributed by atoms with Crippen LogP contribution in [0.3, 0.4) is 0 Å². The molecule has 1 aromatic heterocycles. The summed E-state index contributed by atoms with van der Waals surface area (Å²) in [4.78, 5) is 29.7. The van der Waals surface area contributed by atoms with E-state index in [9.17, 15) is 4.79 Å². The third-order valence-corrected chi connectivity index (χ3v) is 8.34. The number of para-hydroxylation sites is 1. The molecule has 2 amide bonds. The molecule has 0 spiro atoms. The standard InChI is InChI=1S/C36H45N7O3/c1-24(2)29-9-8-10-30(25(3)4)35(29)40-36(44)43(27-13-11-26(12-14-27)42-19-17-41(5)18-20-42)34-22-33(37-23-38-34)39-31-16-15-28(45-6)21-32(31)46-7/h8-16,21-25H,17-20H2,1-7H3,(H,40,44)(H,37,38,39). The SMILES string of the molecule is COc1ccc(Nc2cc(N(C(=O)Nc3c(C(C)C)cccc3C(C)C)c3ccc(N4CCN(C)CC4)cc3)ncn2)c(OC)c1. The molecule has 2 heterocycles. The van der Waals surface area contributed by atoms with Gasteiger partial charge in [-0.1, -0.05) is 45.9 Å². The second kappa shape index (κ2) is 14.5. The minimum Gasteiger partial charge on any atom is -0.497 e. The van der Waals surface area contributed by atoms with Crippen molar-refractivity contribution < 1.29 is 14.3 Å². The van der Waals surface area contributed by atoms with Gasteiger partial charge in [-0.05, 0) is 66.4 Å². The maximum atomic E-state index is 14.4. The van der Waals surface area contributed by atoms with Gasteiger partial charge in [-0.25, -0.2) is 19.7 Å². The number of rotatable bonds is 10. The third-order valence-electron chi connectivity index (χ3n) is 8.34. The Kier molecular flexibility index (Phi) is 10.3. The van der Waals surface area contributed by atoms with E-state index >= 15 is 0 Å².